The van der Waals surface area contributed by atoms with Gasteiger partial charge in [-0.25, -0.2) is 0 Å². The third kappa shape index (κ3) is 2.67. The highest BCUT2D eigenvalue weighted by Gasteiger charge is 2.49. The number of epoxide rings is 1. The molecule has 2 aromatic rings. The molecule has 2 fully saturated rings. The molecule has 1 aliphatic carbocycles. The Kier molecular flexibility index (Phi) is 3.17. The molecule has 1 aliphatic heterocycles. The van der Waals surface area contributed by atoms with E-state index in [0.29, 0.717) is 18.1 Å². The van der Waals surface area contributed by atoms with Gasteiger partial charge >= 0.3 is 0 Å². The molecule has 108 valence electrons. The highest BCUT2D eigenvalue weighted by molar-refractivity contribution is 5.33. The van der Waals surface area contributed by atoms with Crippen LogP contribution < -0.4 is 4.74 Å². The van der Waals surface area contributed by atoms with Crippen LogP contribution >= 0.6 is 0 Å². The number of hydrogen-bond donors (Lipinski definition) is 1. The van der Waals surface area contributed by atoms with Gasteiger partial charge in [0.1, 0.15) is 11.5 Å². The van der Waals surface area contributed by atoms with Crippen LogP contribution in [0.15, 0.2) is 54.6 Å². The lowest BCUT2D eigenvalue weighted by Gasteiger charge is -2.19. The van der Waals surface area contributed by atoms with Crippen LogP contribution in [0.2, 0.25) is 0 Å². The highest BCUT2D eigenvalue weighted by Crippen LogP contribution is 2.47. The molecule has 2 aromatic carbocycles. The summed E-state index contributed by atoms with van der Waals surface area (Å²) < 4.78 is 11.2. The van der Waals surface area contributed by atoms with E-state index in [2.05, 4.69) is 0 Å². The number of hydrogen-bond acceptors (Lipinski definition) is 3. The molecule has 3 nitrogen and oxygen atoms in total. The van der Waals surface area contributed by atoms with Crippen LogP contribution in [0, 0.1) is 5.92 Å². The maximum atomic E-state index is 10.4. The lowest BCUT2D eigenvalue weighted by Crippen LogP contribution is -2.11. The fraction of sp³-hybridized carbons (Fsp3) is 0.333. The summed E-state index contributed by atoms with van der Waals surface area (Å²) in [6, 6.07) is 17.4. The Morgan fingerprint density at radius 1 is 0.905 bits per heavy atom. The average molecular weight is 282 g/mol. The zero-order valence-corrected chi connectivity index (χ0v) is 11.7. The average Bonchev–Trinajstić information content (AvgIpc) is 3.14. The second kappa shape index (κ2) is 5.17. The highest BCUT2D eigenvalue weighted by atomic mass is 16.6. The molecule has 21 heavy (non-hydrogen) atoms. The second-order valence-corrected chi connectivity index (χ2v) is 5.87. The first kappa shape index (κ1) is 12.9. The van der Waals surface area contributed by atoms with E-state index in [-0.39, 0.29) is 0 Å². The number of fused-ring (bicyclic) bond motifs is 1. The van der Waals surface area contributed by atoms with Gasteiger partial charge in [-0.05, 0) is 48.6 Å². The van der Waals surface area contributed by atoms with Crippen molar-refractivity contribution in [2.75, 3.05) is 0 Å². The molecular formula is C18H18O3. The van der Waals surface area contributed by atoms with Gasteiger partial charge in [0.2, 0.25) is 0 Å². The van der Waals surface area contributed by atoms with Crippen LogP contribution in [0.4, 0.5) is 0 Å². The monoisotopic (exact) mass is 282 g/mol. The maximum Gasteiger partial charge on any atom is 0.127 e. The Morgan fingerprint density at radius 3 is 2.19 bits per heavy atom. The van der Waals surface area contributed by atoms with E-state index in [9.17, 15) is 5.11 Å². The van der Waals surface area contributed by atoms with Gasteiger partial charge in [-0.2, -0.15) is 0 Å². The smallest absolute Gasteiger partial charge is 0.127 e. The molecule has 2 aliphatic rings. The fourth-order valence-electron chi connectivity index (χ4n) is 3.17. The van der Waals surface area contributed by atoms with E-state index in [4.69, 9.17) is 9.47 Å². The molecule has 0 spiro atoms. The molecular weight excluding hydrogens is 264 g/mol. The summed E-state index contributed by atoms with van der Waals surface area (Å²) in [4.78, 5) is 0. The van der Waals surface area contributed by atoms with E-state index in [1.54, 1.807) is 0 Å². The molecule has 4 rings (SSSR count). The lowest BCUT2D eigenvalue weighted by molar-refractivity contribution is 0.0866. The van der Waals surface area contributed by atoms with Crippen molar-refractivity contribution in [2.24, 2.45) is 5.92 Å². The summed E-state index contributed by atoms with van der Waals surface area (Å²) in [5.74, 6) is 1.93. The van der Waals surface area contributed by atoms with Gasteiger partial charge in [0, 0.05) is 0 Å². The van der Waals surface area contributed by atoms with E-state index >= 15 is 0 Å². The Labute approximate surface area is 124 Å². The van der Waals surface area contributed by atoms with E-state index in [0.717, 1.165) is 29.9 Å². The molecule has 0 amide bonds. The summed E-state index contributed by atoms with van der Waals surface area (Å²) in [5.41, 5.74) is 0.960. The van der Waals surface area contributed by atoms with Crippen molar-refractivity contribution in [2.45, 2.75) is 31.2 Å². The summed E-state index contributed by atoms with van der Waals surface area (Å²) >= 11 is 0. The predicted octanol–water partition coefficient (Wildman–Crippen LogP) is 3.69. The fourth-order valence-corrected chi connectivity index (χ4v) is 3.17. The molecule has 0 bridgehead atoms. The molecule has 1 heterocycles. The molecule has 0 radical (unpaired) electrons. The van der Waals surface area contributed by atoms with Gasteiger partial charge in [0.15, 0.2) is 0 Å². The van der Waals surface area contributed by atoms with Crippen molar-refractivity contribution in [3.63, 3.8) is 0 Å². The van der Waals surface area contributed by atoms with E-state index < -0.39 is 6.10 Å². The third-order valence-corrected chi connectivity index (χ3v) is 4.40. The summed E-state index contributed by atoms with van der Waals surface area (Å²) in [6.07, 6.45) is 2.38. The number of rotatable bonds is 4. The minimum absolute atomic E-state index is 0.328. The van der Waals surface area contributed by atoms with Crippen LogP contribution in [-0.4, -0.2) is 17.3 Å². The van der Waals surface area contributed by atoms with Crippen molar-refractivity contribution in [3.05, 3.63) is 60.2 Å². The maximum absolute atomic E-state index is 10.4. The molecule has 4 atom stereocenters. The number of benzene rings is 2. The van der Waals surface area contributed by atoms with Crippen molar-refractivity contribution in [3.8, 4) is 11.5 Å². The van der Waals surface area contributed by atoms with Gasteiger partial charge in [-0.3, -0.25) is 0 Å². The summed E-state index contributed by atoms with van der Waals surface area (Å²) in [7, 11) is 0. The zero-order valence-electron chi connectivity index (χ0n) is 11.7. The van der Waals surface area contributed by atoms with Gasteiger partial charge < -0.3 is 14.6 Å². The zero-order chi connectivity index (χ0) is 14.2. The van der Waals surface area contributed by atoms with Gasteiger partial charge in [-0.1, -0.05) is 30.3 Å². The quantitative estimate of drug-likeness (QED) is 0.870. The minimum atomic E-state index is -0.396. The Balaban J connectivity index is 1.43. The predicted molar refractivity (Wildman–Crippen MR) is 79.3 cm³/mol. The van der Waals surface area contributed by atoms with E-state index in [1.165, 1.54) is 0 Å². The standard InChI is InChI=1S/C18H18O3/c19-18(13-10-16-17(11-13)21-16)12-6-8-15(9-7-12)20-14-4-2-1-3-5-14/h1-9,13,16-19H,10-11H2/t13-,16-,17+,18-/m1/s1. The molecule has 0 aromatic heterocycles. The van der Waals surface area contributed by atoms with Crippen LogP contribution in [-0.2, 0) is 4.74 Å². The first-order valence-electron chi connectivity index (χ1n) is 7.46. The minimum Gasteiger partial charge on any atom is -0.457 e. The van der Waals surface area contributed by atoms with Crippen molar-refractivity contribution in [1.82, 2.24) is 0 Å². The summed E-state index contributed by atoms with van der Waals surface area (Å²) in [5, 5.41) is 10.4. The van der Waals surface area contributed by atoms with E-state index in [1.807, 2.05) is 54.6 Å². The van der Waals surface area contributed by atoms with Crippen LogP contribution in [0.25, 0.3) is 0 Å². The Bertz CT molecular complexity index is 598. The van der Waals surface area contributed by atoms with Crippen LogP contribution in [0.5, 0.6) is 11.5 Å². The van der Waals surface area contributed by atoms with Crippen molar-refractivity contribution in [1.29, 1.82) is 0 Å². The first-order valence-corrected chi connectivity index (χ1v) is 7.46. The van der Waals surface area contributed by atoms with Gasteiger partial charge in [-0.15, -0.1) is 0 Å². The molecule has 1 saturated carbocycles. The molecule has 0 unspecified atom stereocenters. The molecule has 3 heteroatoms. The van der Waals surface area contributed by atoms with Crippen LogP contribution in [0.1, 0.15) is 24.5 Å². The SMILES string of the molecule is O[C@H](c1ccc(Oc2ccccc2)cc1)[C@H]1C[C@@H]2O[C@@H]2C1. The lowest BCUT2D eigenvalue weighted by atomic mass is 9.94. The van der Waals surface area contributed by atoms with Crippen molar-refractivity contribution >= 4 is 0 Å². The normalized spacial score (nSPS) is 28.0. The Morgan fingerprint density at radius 2 is 1.52 bits per heavy atom. The van der Waals surface area contributed by atoms with Crippen molar-refractivity contribution < 1.29 is 14.6 Å². The molecule has 1 N–H and O–H groups in total. The van der Waals surface area contributed by atoms with Gasteiger partial charge in [0.05, 0.1) is 18.3 Å². The van der Waals surface area contributed by atoms with Crippen LogP contribution in [0.3, 0.4) is 0 Å². The second-order valence-electron chi connectivity index (χ2n) is 5.87. The first-order chi connectivity index (χ1) is 10.3. The largest absolute Gasteiger partial charge is 0.457 e. The Hall–Kier alpha value is -1.84. The number of aliphatic hydroxyl groups excluding tert-OH is 1. The summed E-state index contributed by atoms with van der Waals surface area (Å²) in [6.45, 7) is 0. The third-order valence-electron chi connectivity index (χ3n) is 4.40. The number of aliphatic hydroxyl groups is 1. The number of ether oxygens (including phenoxy) is 2. The molecule has 1 saturated heterocycles. The number of para-hydroxylation sites is 1. The van der Waals surface area contributed by atoms with Gasteiger partial charge in [0.25, 0.3) is 0 Å². The topological polar surface area (TPSA) is 42.0 Å².